The lowest BCUT2D eigenvalue weighted by Gasteiger charge is -2.48. The van der Waals surface area contributed by atoms with Gasteiger partial charge in [0.1, 0.15) is 5.60 Å². The minimum absolute atomic E-state index is 0.0439. The number of carbonyl (C=O) groups excluding carboxylic acids is 1. The second kappa shape index (κ2) is 7.62. The number of rotatable bonds is 6. The van der Waals surface area contributed by atoms with Crippen molar-refractivity contribution in [1.82, 2.24) is 10.2 Å². The summed E-state index contributed by atoms with van der Waals surface area (Å²) in [5, 5.41) is 12.2. The van der Waals surface area contributed by atoms with Crippen molar-refractivity contribution in [3.8, 4) is 6.07 Å². The van der Waals surface area contributed by atoms with Gasteiger partial charge >= 0.3 is 6.09 Å². The number of nitriles is 1. The summed E-state index contributed by atoms with van der Waals surface area (Å²) in [4.78, 5) is 13.8. The van der Waals surface area contributed by atoms with Gasteiger partial charge < -0.3 is 14.8 Å². The topological polar surface area (TPSA) is 74.6 Å². The van der Waals surface area contributed by atoms with Crippen molar-refractivity contribution in [1.29, 1.82) is 5.26 Å². The van der Waals surface area contributed by atoms with Gasteiger partial charge in [-0.1, -0.05) is 6.92 Å². The van der Waals surface area contributed by atoms with Gasteiger partial charge in [0.2, 0.25) is 0 Å². The van der Waals surface area contributed by atoms with E-state index in [2.05, 4.69) is 11.4 Å². The van der Waals surface area contributed by atoms with Crippen LogP contribution in [0.1, 0.15) is 40.5 Å². The molecule has 21 heavy (non-hydrogen) atoms. The van der Waals surface area contributed by atoms with Crippen molar-refractivity contribution >= 4 is 6.09 Å². The SMILES string of the molecule is CCC(CC#N)NC1CN(C(=O)OC(C)(C)C)C1COC. The predicted octanol–water partition coefficient (Wildman–Crippen LogP) is 1.90. The summed E-state index contributed by atoms with van der Waals surface area (Å²) in [6.45, 7) is 8.65. The molecule has 1 fully saturated rings. The highest BCUT2D eigenvalue weighted by Crippen LogP contribution is 2.23. The average Bonchev–Trinajstić information content (AvgIpc) is 2.36. The van der Waals surface area contributed by atoms with Gasteiger partial charge in [-0.2, -0.15) is 5.26 Å². The van der Waals surface area contributed by atoms with E-state index in [1.165, 1.54) is 0 Å². The molecule has 120 valence electrons. The van der Waals surface area contributed by atoms with E-state index in [1.807, 2.05) is 27.7 Å². The number of amides is 1. The highest BCUT2D eigenvalue weighted by molar-refractivity contribution is 5.70. The average molecular weight is 297 g/mol. The summed E-state index contributed by atoms with van der Waals surface area (Å²) >= 11 is 0. The highest BCUT2D eigenvalue weighted by Gasteiger charge is 2.44. The molecule has 6 nitrogen and oxygen atoms in total. The van der Waals surface area contributed by atoms with Gasteiger partial charge in [-0.05, 0) is 27.2 Å². The number of carbonyl (C=O) groups is 1. The number of nitrogens with one attached hydrogen (secondary N) is 1. The predicted molar refractivity (Wildman–Crippen MR) is 79.8 cm³/mol. The smallest absolute Gasteiger partial charge is 0.410 e. The van der Waals surface area contributed by atoms with Crippen LogP contribution in [0.25, 0.3) is 0 Å². The molecule has 1 N–H and O–H groups in total. The molecular weight excluding hydrogens is 270 g/mol. The van der Waals surface area contributed by atoms with Gasteiger partial charge in [-0.3, -0.25) is 4.90 Å². The van der Waals surface area contributed by atoms with Crippen LogP contribution in [0.2, 0.25) is 0 Å². The summed E-state index contributed by atoms with van der Waals surface area (Å²) < 4.78 is 10.6. The molecule has 0 aromatic rings. The van der Waals surface area contributed by atoms with Crippen LogP contribution in [-0.2, 0) is 9.47 Å². The summed E-state index contributed by atoms with van der Waals surface area (Å²) in [5.41, 5.74) is -0.500. The Bertz CT molecular complexity index is 387. The molecule has 3 atom stereocenters. The molecule has 1 aliphatic rings. The quantitative estimate of drug-likeness (QED) is 0.810. The lowest BCUT2D eigenvalue weighted by atomic mass is 9.95. The Morgan fingerprint density at radius 1 is 1.52 bits per heavy atom. The molecule has 1 amide bonds. The van der Waals surface area contributed by atoms with Crippen LogP contribution >= 0.6 is 0 Å². The van der Waals surface area contributed by atoms with Gasteiger partial charge in [0.15, 0.2) is 0 Å². The van der Waals surface area contributed by atoms with E-state index in [4.69, 9.17) is 14.7 Å². The molecular formula is C15H27N3O3. The van der Waals surface area contributed by atoms with E-state index in [1.54, 1.807) is 12.0 Å². The van der Waals surface area contributed by atoms with Crippen molar-refractivity contribution in [2.24, 2.45) is 0 Å². The molecule has 0 aromatic carbocycles. The summed E-state index contributed by atoms with van der Waals surface area (Å²) in [6.07, 6.45) is 1.05. The number of methoxy groups -OCH3 is 1. The first-order chi connectivity index (χ1) is 9.82. The van der Waals surface area contributed by atoms with Crippen molar-refractivity contribution < 1.29 is 14.3 Å². The Balaban J connectivity index is 2.59. The van der Waals surface area contributed by atoms with Gasteiger partial charge in [-0.15, -0.1) is 0 Å². The minimum Gasteiger partial charge on any atom is -0.444 e. The Labute approximate surface area is 127 Å². The second-order valence-electron chi connectivity index (χ2n) is 6.40. The molecule has 0 aromatic heterocycles. The molecule has 0 saturated carbocycles. The number of likely N-dealkylation sites (tertiary alicyclic amines) is 1. The number of hydrogen-bond donors (Lipinski definition) is 1. The molecule has 1 heterocycles. The van der Waals surface area contributed by atoms with Crippen LogP contribution in [-0.4, -0.2) is 55.0 Å². The largest absolute Gasteiger partial charge is 0.444 e. The monoisotopic (exact) mass is 297 g/mol. The number of ether oxygens (including phenoxy) is 2. The Kier molecular flexibility index (Phi) is 6.43. The van der Waals surface area contributed by atoms with E-state index in [0.717, 1.165) is 6.42 Å². The van der Waals surface area contributed by atoms with Crippen molar-refractivity contribution in [3.63, 3.8) is 0 Å². The van der Waals surface area contributed by atoms with Gasteiger partial charge in [0.05, 0.1) is 25.1 Å². The lowest BCUT2D eigenvalue weighted by Crippen LogP contribution is -2.70. The number of nitrogens with zero attached hydrogens (tertiary/aromatic N) is 2. The van der Waals surface area contributed by atoms with Gasteiger partial charge in [0, 0.05) is 25.7 Å². The van der Waals surface area contributed by atoms with Crippen LogP contribution in [0.3, 0.4) is 0 Å². The Hall–Kier alpha value is -1.32. The van der Waals surface area contributed by atoms with Gasteiger partial charge in [0.25, 0.3) is 0 Å². The van der Waals surface area contributed by atoms with Crippen LogP contribution in [0.15, 0.2) is 0 Å². The Morgan fingerprint density at radius 2 is 2.19 bits per heavy atom. The molecule has 0 bridgehead atoms. The van der Waals surface area contributed by atoms with Crippen molar-refractivity contribution in [3.05, 3.63) is 0 Å². The minimum atomic E-state index is -0.500. The fourth-order valence-corrected chi connectivity index (χ4v) is 2.35. The highest BCUT2D eigenvalue weighted by atomic mass is 16.6. The third-order valence-corrected chi connectivity index (χ3v) is 3.50. The first kappa shape index (κ1) is 17.7. The maximum absolute atomic E-state index is 12.1. The molecule has 1 saturated heterocycles. The lowest BCUT2D eigenvalue weighted by molar-refractivity contribution is -0.0402. The summed E-state index contributed by atoms with van der Waals surface area (Å²) in [5.74, 6) is 0. The zero-order valence-electron chi connectivity index (χ0n) is 13.7. The number of hydrogen-bond acceptors (Lipinski definition) is 5. The molecule has 1 rings (SSSR count). The van der Waals surface area contributed by atoms with Crippen LogP contribution in [0, 0.1) is 11.3 Å². The maximum Gasteiger partial charge on any atom is 0.410 e. The van der Waals surface area contributed by atoms with E-state index >= 15 is 0 Å². The van der Waals surface area contributed by atoms with Crippen molar-refractivity contribution in [2.75, 3.05) is 20.3 Å². The van der Waals surface area contributed by atoms with E-state index in [9.17, 15) is 4.79 Å². The third kappa shape index (κ3) is 5.18. The van der Waals surface area contributed by atoms with Crippen LogP contribution in [0.5, 0.6) is 0 Å². The van der Waals surface area contributed by atoms with E-state index in [-0.39, 0.29) is 24.2 Å². The fourth-order valence-electron chi connectivity index (χ4n) is 2.35. The molecule has 0 radical (unpaired) electrons. The first-order valence-electron chi connectivity index (χ1n) is 7.44. The van der Waals surface area contributed by atoms with Crippen molar-refractivity contribution in [2.45, 2.75) is 64.3 Å². The summed E-state index contributed by atoms with van der Waals surface area (Å²) in [6, 6.07) is 2.44. The van der Waals surface area contributed by atoms with Crippen LogP contribution < -0.4 is 5.32 Å². The molecule has 1 aliphatic heterocycles. The zero-order valence-corrected chi connectivity index (χ0v) is 13.7. The third-order valence-electron chi connectivity index (χ3n) is 3.50. The fraction of sp³-hybridized carbons (Fsp3) is 0.867. The maximum atomic E-state index is 12.1. The Morgan fingerprint density at radius 3 is 2.67 bits per heavy atom. The van der Waals surface area contributed by atoms with Gasteiger partial charge in [-0.25, -0.2) is 4.79 Å². The zero-order chi connectivity index (χ0) is 16.0. The van der Waals surface area contributed by atoms with E-state index < -0.39 is 5.60 Å². The molecule has 0 spiro atoms. The first-order valence-corrected chi connectivity index (χ1v) is 7.44. The molecule has 6 heteroatoms. The normalized spacial score (nSPS) is 23.1. The molecule has 0 aliphatic carbocycles. The summed E-state index contributed by atoms with van der Waals surface area (Å²) in [7, 11) is 1.62. The molecule has 3 unspecified atom stereocenters. The van der Waals surface area contributed by atoms with Crippen LogP contribution in [0.4, 0.5) is 4.79 Å². The van der Waals surface area contributed by atoms with E-state index in [0.29, 0.717) is 19.6 Å². The standard InChI is InChI=1S/C15H27N3O3/c1-6-11(7-8-16)17-12-9-18(13(12)10-20-5)14(19)21-15(2,3)4/h11-13,17H,6-7,9-10H2,1-5H3. The second-order valence-corrected chi connectivity index (χ2v) is 6.40.